The van der Waals surface area contributed by atoms with E-state index in [-0.39, 0.29) is 5.60 Å². The van der Waals surface area contributed by atoms with Crippen LogP contribution in [0.15, 0.2) is 0 Å². The van der Waals surface area contributed by atoms with Gasteiger partial charge >= 0.3 is 0 Å². The van der Waals surface area contributed by atoms with Crippen molar-refractivity contribution < 1.29 is 4.74 Å². The van der Waals surface area contributed by atoms with Crippen LogP contribution in [-0.4, -0.2) is 52.9 Å². The smallest absolute Gasteiger partial charge is 0.0841 e. The predicted octanol–water partition coefficient (Wildman–Crippen LogP) is 1.52. The summed E-state index contributed by atoms with van der Waals surface area (Å²) in [5.74, 6) is 0. The summed E-state index contributed by atoms with van der Waals surface area (Å²) in [4.78, 5) is 2.51. The lowest BCUT2D eigenvalue weighted by Crippen LogP contribution is -2.54. The van der Waals surface area contributed by atoms with Gasteiger partial charge < -0.3 is 9.64 Å². The molecular weight excluding hydrogens is 291 g/mol. The molecule has 2 fully saturated rings. The van der Waals surface area contributed by atoms with Crippen molar-refractivity contribution in [3.8, 4) is 0 Å². The fraction of sp³-hybridized carbons (Fsp3) is 1.00. The van der Waals surface area contributed by atoms with Gasteiger partial charge in [0.15, 0.2) is 0 Å². The molecule has 14 heavy (non-hydrogen) atoms. The molecule has 2 saturated heterocycles. The molecule has 0 aromatic carbocycles. The largest absolute Gasteiger partial charge is 0.372 e. The average Bonchev–Trinajstić information content (AvgIpc) is 2.19. The van der Waals surface area contributed by atoms with Gasteiger partial charge in [0.05, 0.1) is 12.2 Å². The lowest BCUT2D eigenvalue weighted by Gasteiger charge is -2.45. The number of nitrogens with zero attached hydrogens (tertiary/aromatic N) is 2. The molecule has 0 N–H and O–H groups in total. The van der Waals surface area contributed by atoms with E-state index < -0.39 is 0 Å². The molecule has 2 aliphatic rings. The van der Waals surface area contributed by atoms with Crippen molar-refractivity contribution in [1.82, 2.24) is 8.01 Å². The predicted molar refractivity (Wildman–Crippen MR) is 65.6 cm³/mol. The van der Waals surface area contributed by atoms with Crippen LogP contribution >= 0.6 is 22.9 Å². The van der Waals surface area contributed by atoms with Crippen molar-refractivity contribution in [1.29, 1.82) is 0 Å². The number of piperidine rings is 1. The number of hydrogen-bond donors (Lipinski definition) is 0. The van der Waals surface area contributed by atoms with Crippen molar-refractivity contribution in [3.63, 3.8) is 0 Å². The van der Waals surface area contributed by atoms with E-state index in [0.717, 1.165) is 19.7 Å². The van der Waals surface area contributed by atoms with Crippen LogP contribution in [0.25, 0.3) is 0 Å². The topological polar surface area (TPSA) is 15.7 Å². The lowest BCUT2D eigenvalue weighted by atomic mass is 9.90. The van der Waals surface area contributed by atoms with Gasteiger partial charge in [-0.05, 0) is 19.4 Å². The summed E-state index contributed by atoms with van der Waals surface area (Å²) in [5, 5.41) is 0. The molecule has 0 atom stereocenters. The van der Waals surface area contributed by atoms with Crippen LogP contribution in [0.5, 0.6) is 0 Å². The molecule has 0 saturated carbocycles. The molecule has 1 spiro atoms. The van der Waals surface area contributed by atoms with Crippen LogP contribution in [0, 0.1) is 0 Å². The van der Waals surface area contributed by atoms with Gasteiger partial charge in [-0.25, -0.2) is 3.11 Å². The summed E-state index contributed by atoms with van der Waals surface area (Å²) in [6, 6.07) is 0. The zero-order valence-electron chi connectivity index (χ0n) is 8.84. The Morgan fingerprint density at radius 3 is 2.57 bits per heavy atom. The molecule has 2 heterocycles. The minimum atomic E-state index is 0.186. The summed E-state index contributed by atoms with van der Waals surface area (Å²) >= 11 is 2.42. The number of rotatable bonds is 1. The highest BCUT2D eigenvalue weighted by atomic mass is 127. The highest BCUT2D eigenvalue weighted by Crippen LogP contribution is 2.30. The Morgan fingerprint density at radius 1 is 1.29 bits per heavy atom. The van der Waals surface area contributed by atoms with Crippen LogP contribution < -0.4 is 0 Å². The maximum Gasteiger partial charge on any atom is 0.0841 e. The zero-order valence-corrected chi connectivity index (χ0v) is 11.0. The van der Waals surface area contributed by atoms with Gasteiger partial charge in [0.2, 0.25) is 0 Å². The standard InChI is InChI=1S/C10H19IN2O/c1-2-12-5-3-10(4-6-12)9-13(11)7-8-14-10/h2-9H2,1H3. The van der Waals surface area contributed by atoms with Gasteiger partial charge in [-0.15, -0.1) is 0 Å². The summed E-state index contributed by atoms with van der Waals surface area (Å²) in [6.07, 6.45) is 2.42. The normalized spacial score (nSPS) is 29.6. The third-order valence-corrected chi connectivity index (χ3v) is 4.24. The third kappa shape index (κ3) is 2.40. The summed E-state index contributed by atoms with van der Waals surface area (Å²) < 4.78 is 8.37. The van der Waals surface area contributed by atoms with Crippen LogP contribution in [0.1, 0.15) is 19.8 Å². The first-order valence-corrected chi connectivity index (χ1v) is 6.48. The maximum absolute atomic E-state index is 6.00. The van der Waals surface area contributed by atoms with Gasteiger partial charge in [0, 0.05) is 49.0 Å². The molecule has 0 aromatic heterocycles. The van der Waals surface area contributed by atoms with Crippen molar-refractivity contribution in [2.75, 3.05) is 39.3 Å². The molecule has 2 rings (SSSR count). The van der Waals surface area contributed by atoms with E-state index in [9.17, 15) is 0 Å². The van der Waals surface area contributed by atoms with Crippen molar-refractivity contribution >= 4 is 22.9 Å². The quantitative estimate of drug-likeness (QED) is 0.539. The second-order valence-corrected chi connectivity index (χ2v) is 5.67. The average molecular weight is 310 g/mol. The van der Waals surface area contributed by atoms with Gasteiger partial charge in [0.1, 0.15) is 0 Å². The lowest BCUT2D eigenvalue weighted by molar-refractivity contribution is -0.114. The number of halogens is 1. The van der Waals surface area contributed by atoms with E-state index in [1.54, 1.807) is 0 Å². The van der Waals surface area contributed by atoms with Crippen LogP contribution in [0.3, 0.4) is 0 Å². The first kappa shape index (κ1) is 11.1. The molecule has 4 heteroatoms. The molecule has 0 aromatic rings. The van der Waals surface area contributed by atoms with Crippen molar-refractivity contribution in [2.45, 2.75) is 25.4 Å². The Bertz CT molecular complexity index is 193. The monoisotopic (exact) mass is 310 g/mol. The maximum atomic E-state index is 6.00. The second-order valence-electron chi connectivity index (χ2n) is 4.31. The second kappa shape index (κ2) is 4.63. The van der Waals surface area contributed by atoms with E-state index >= 15 is 0 Å². The van der Waals surface area contributed by atoms with Crippen molar-refractivity contribution in [3.05, 3.63) is 0 Å². The summed E-state index contributed by atoms with van der Waals surface area (Å²) in [5.41, 5.74) is 0.186. The van der Waals surface area contributed by atoms with Gasteiger partial charge in [-0.3, -0.25) is 0 Å². The molecule has 0 amide bonds. The first-order chi connectivity index (χ1) is 6.74. The van der Waals surface area contributed by atoms with Crippen LogP contribution in [0.4, 0.5) is 0 Å². The first-order valence-electron chi connectivity index (χ1n) is 5.51. The minimum absolute atomic E-state index is 0.186. The number of hydrogen-bond acceptors (Lipinski definition) is 3. The minimum Gasteiger partial charge on any atom is -0.372 e. The summed E-state index contributed by atoms with van der Waals surface area (Å²) in [7, 11) is 0. The van der Waals surface area contributed by atoms with Crippen molar-refractivity contribution in [2.24, 2.45) is 0 Å². The van der Waals surface area contributed by atoms with E-state index in [0.29, 0.717) is 0 Å². The molecule has 0 bridgehead atoms. The van der Waals surface area contributed by atoms with E-state index in [1.165, 1.54) is 32.5 Å². The Balaban J connectivity index is 1.91. The van der Waals surface area contributed by atoms with E-state index in [2.05, 4.69) is 37.8 Å². The highest BCUT2D eigenvalue weighted by molar-refractivity contribution is 14.1. The van der Waals surface area contributed by atoms with Crippen LogP contribution in [0.2, 0.25) is 0 Å². The van der Waals surface area contributed by atoms with Gasteiger partial charge in [-0.2, -0.15) is 0 Å². The Kier molecular flexibility index (Phi) is 3.68. The molecule has 82 valence electrons. The van der Waals surface area contributed by atoms with E-state index in [1.807, 2.05) is 0 Å². The summed E-state index contributed by atoms with van der Waals surface area (Å²) in [6.45, 7) is 8.95. The van der Waals surface area contributed by atoms with Gasteiger partial charge in [0.25, 0.3) is 0 Å². The third-order valence-electron chi connectivity index (χ3n) is 3.42. The highest BCUT2D eigenvalue weighted by Gasteiger charge is 2.38. The molecular formula is C10H19IN2O. The Morgan fingerprint density at radius 2 is 2.00 bits per heavy atom. The molecule has 0 radical (unpaired) electrons. The zero-order chi connectivity index (χ0) is 10.0. The van der Waals surface area contributed by atoms with E-state index in [4.69, 9.17) is 4.74 Å². The fourth-order valence-corrected chi connectivity index (χ4v) is 3.20. The van der Waals surface area contributed by atoms with Gasteiger partial charge in [-0.1, -0.05) is 6.92 Å². The number of ether oxygens (including phenoxy) is 1. The molecule has 0 aliphatic carbocycles. The fourth-order valence-electron chi connectivity index (χ4n) is 2.38. The molecule has 3 nitrogen and oxygen atoms in total. The number of likely N-dealkylation sites (tertiary alicyclic amines) is 1. The Hall–Kier alpha value is 0.610. The SMILES string of the molecule is CCN1CCC2(CC1)CN(I)CCO2. The molecule has 0 unspecified atom stereocenters. The number of morpholine rings is 1. The Labute approximate surface area is 100 Å². The molecule has 2 aliphatic heterocycles. The van der Waals surface area contributed by atoms with Crippen LogP contribution in [-0.2, 0) is 4.74 Å².